The number of nitrogen functional groups attached to an aromatic ring is 1. The van der Waals surface area contributed by atoms with Crippen LogP contribution in [0.15, 0.2) is 35.5 Å². The minimum absolute atomic E-state index is 0.0571. The third-order valence-corrected chi connectivity index (χ3v) is 4.19. The Bertz CT molecular complexity index is 730. The molecule has 1 heterocycles. The first-order chi connectivity index (χ1) is 9.92. The predicted molar refractivity (Wildman–Crippen MR) is 78.2 cm³/mol. The lowest BCUT2D eigenvalue weighted by molar-refractivity contribution is 0.416. The molecule has 0 saturated carbocycles. The summed E-state index contributed by atoms with van der Waals surface area (Å²) >= 11 is 0. The molecule has 0 spiro atoms. The Morgan fingerprint density at radius 2 is 2.05 bits per heavy atom. The van der Waals surface area contributed by atoms with Crippen molar-refractivity contribution in [3.63, 3.8) is 0 Å². The molecule has 0 saturated heterocycles. The van der Waals surface area contributed by atoms with Crippen LogP contribution in [0.3, 0.4) is 0 Å². The standard InChI is InChI=1S/C13H16N4O3S/c1-9-6-16-10(7-15-9)8-17-21(18,19)11-3-4-13(20-2)12(14)5-11/h3-7,17H,8,14H2,1-2H3. The second-order valence-corrected chi connectivity index (χ2v) is 6.14. The Hall–Kier alpha value is -2.19. The van der Waals surface area contributed by atoms with Crippen molar-refractivity contribution < 1.29 is 13.2 Å². The Kier molecular flexibility index (Phi) is 4.39. The van der Waals surface area contributed by atoms with Crippen LogP contribution >= 0.6 is 0 Å². The minimum Gasteiger partial charge on any atom is -0.495 e. The molecule has 3 N–H and O–H groups in total. The maximum Gasteiger partial charge on any atom is 0.241 e. The Labute approximate surface area is 123 Å². The van der Waals surface area contributed by atoms with Gasteiger partial charge in [0.2, 0.25) is 10.0 Å². The lowest BCUT2D eigenvalue weighted by atomic mass is 10.3. The summed E-state index contributed by atoms with van der Waals surface area (Å²) in [5, 5.41) is 0. The van der Waals surface area contributed by atoms with Crippen molar-refractivity contribution in [2.24, 2.45) is 0 Å². The molecule has 0 aliphatic carbocycles. The maximum absolute atomic E-state index is 12.2. The molecule has 0 unspecified atom stereocenters. The van der Waals surface area contributed by atoms with Gasteiger partial charge in [-0.25, -0.2) is 13.1 Å². The highest BCUT2D eigenvalue weighted by atomic mass is 32.2. The van der Waals surface area contributed by atoms with E-state index in [9.17, 15) is 8.42 Å². The van der Waals surface area contributed by atoms with E-state index in [1.165, 1.54) is 31.5 Å². The van der Waals surface area contributed by atoms with Gasteiger partial charge in [-0.1, -0.05) is 0 Å². The molecule has 112 valence electrons. The Morgan fingerprint density at radius 3 is 2.62 bits per heavy atom. The Morgan fingerprint density at radius 1 is 1.29 bits per heavy atom. The molecule has 21 heavy (non-hydrogen) atoms. The summed E-state index contributed by atoms with van der Waals surface area (Å²) in [4.78, 5) is 8.21. The van der Waals surface area contributed by atoms with Crippen molar-refractivity contribution in [2.45, 2.75) is 18.4 Å². The summed E-state index contributed by atoms with van der Waals surface area (Å²) in [6.07, 6.45) is 3.11. The van der Waals surface area contributed by atoms with Crippen LogP contribution in [0.5, 0.6) is 5.75 Å². The topological polar surface area (TPSA) is 107 Å². The zero-order valence-corrected chi connectivity index (χ0v) is 12.5. The van der Waals surface area contributed by atoms with Gasteiger partial charge in [0.25, 0.3) is 0 Å². The fourth-order valence-electron chi connectivity index (χ4n) is 1.64. The molecule has 0 bridgehead atoms. The first-order valence-electron chi connectivity index (χ1n) is 6.13. The quantitative estimate of drug-likeness (QED) is 0.793. The molecule has 0 radical (unpaired) electrons. The van der Waals surface area contributed by atoms with Crippen LogP contribution in [0.2, 0.25) is 0 Å². The third kappa shape index (κ3) is 3.67. The molecular formula is C13H16N4O3S. The van der Waals surface area contributed by atoms with Gasteiger partial charge in [0, 0.05) is 6.20 Å². The molecule has 1 aromatic carbocycles. The fraction of sp³-hybridized carbons (Fsp3) is 0.231. The van der Waals surface area contributed by atoms with E-state index >= 15 is 0 Å². The summed E-state index contributed by atoms with van der Waals surface area (Å²) in [5.74, 6) is 0.429. The average Bonchev–Trinajstić information content (AvgIpc) is 2.46. The number of sulfonamides is 1. The van der Waals surface area contributed by atoms with Crippen LogP contribution in [0.1, 0.15) is 11.4 Å². The number of aromatic nitrogens is 2. The van der Waals surface area contributed by atoms with Crippen molar-refractivity contribution in [1.29, 1.82) is 0 Å². The van der Waals surface area contributed by atoms with Gasteiger partial charge in [-0.15, -0.1) is 0 Å². The minimum atomic E-state index is -3.67. The number of hydrogen-bond acceptors (Lipinski definition) is 6. The second kappa shape index (κ2) is 6.06. The lowest BCUT2D eigenvalue weighted by Gasteiger charge is -2.09. The van der Waals surface area contributed by atoms with Gasteiger partial charge in [0.15, 0.2) is 0 Å². The molecule has 0 aliphatic heterocycles. The van der Waals surface area contributed by atoms with Gasteiger partial charge in [0.1, 0.15) is 5.75 Å². The van der Waals surface area contributed by atoms with Gasteiger partial charge in [-0.3, -0.25) is 9.97 Å². The lowest BCUT2D eigenvalue weighted by Crippen LogP contribution is -2.24. The van der Waals surface area contributed by atoms with Crippen LogP contribution in [-0.2, 0) is 16.6 Å². The van der Waals surface area contributed by atoms with E-state index in [1.54, 1.807) is 13.1 Å². The molecule has 0 atom stereocenters. The van der Waals surface area contributed by atoms with Gasteiger partial charge in [-0.2, -0.15) is 0 Å². The second-order valence-electron chi connectivity index (χ2n) is 4.38. The highest BCUT2D eigenvalue weighted by Crippen LogP contribution is 2.24. The SMILES string of the molecule is COc1ccc(S(=O)(=O)NCc2cnc(C)cn2)cc1N. The zero-order chi connectivity index (χ0) is 15.5. The summed E-state index contributed by atoms with van der Waals surface area (Å²) in [6.45, 7) is 1.86. The van der Waals surface area contributed by atoms with Crippen LogP contribution < -0.4 is 15.2 Å². The normalized spacial score (nSPS) is 11.3. The largest absolute Gasteiger partial charge is 0.495 e. The fourth-order valence-corrected chi connectivity index (χ4v) is 2.68. The number of methoxy groups -OCH3 is 1. The number of nitrogens with one attached hydrogen (secondary N) is 1. The number of hydrogen-bond donors (Lipinski definition) is 2. The number of benzene rings is 1. The zero-order valence-electron chi connectivity index (χ0n) is 11.7. The number of nitrogens with two attached hydrogens (primary N) is 1. The van der Waals surface area contributed by atoms with Gasteiger partial charge in [-0.05, 0) is 25.1 Å². The Balaban J connectivity index is 2.14. The van der Waals surface area contributed by atoms with E-state index in [0.717, 1.165) is 5.69 Å². The average molecular weight is 308 g/mol. The molecule has 7 nitrogen and oxygen atoms in total. The van der Waals surface area contributed by atoms with Gasteiger partial charge < -0.3 is 10.5 Å². The molecule has 2 rings (SSSR count). The molecule has 1 aromatic heterocycles. The molecule has 0 fully saturated rings. The number of anilines is 1. The molecule has 8 heteroatoms. The monoisotopic (exact) mass is 308 g/mol. The third-order valence-electron chi connectivity index (χ3n) is 2.79. The van der Waals surface area contributed by atoms with Crippen molar-refractivity contribution in [3.05, 3.63) is 42.0 Å². The number of nitrogens with zero attached hydrogens (tertiary/aromatic N) is 2. The number of rotatable bonds is 5. The van der Waals surface area contributed by atoms with Crippen LogP contribution in [0, 0.1) is 6.92 Å². The van der Waals surface area contributed by atoms with E-state index in [0.29, 0.717) is 11.4 Å². The summed E-state index contributed by atoms with van der Waals surface area (Å²) in [5.41, 5.74) is 7.27. The summed E-state index contributed by atoms with van der Waals surface area (Å²) in [6, 6.07) is 4.29. The molecule has 0 amide bonds. The highest BCUT2D eigenvalue weighted by molar-refractivity contribution is 7.89. The summed E-state index contributed by atoms with van der Waals surface area (Å²) in [7, 11) is -2.20. The van der Waals surface area contributed by atoms with Gasteiger partial charge in [0.05, 0.1) is 41.8 Å². The van der Waals surface area contributed by atoms with E-state index in [1.807, 2.05) is 0 Å². The van der Waals surface area contributed by atoms with Crippen molar-refractivity contribution in [3.8, 4) is 5.75 Å². The van der Waals surface area contributed by atoms with Crippen LogP contribution in [0.25, 0.3) is 0 Å². The number of ether oxygens (including phenoxy) is 1. The maximum atomic E-state index is 12.2. The van der Waals surface area contributed by atoms with E-state index in [-0.39, 0.29) is 17.1 Å². The predicted octanol–water partition coefficient (Wildman–Crippen LogP) is 0.854. The molecule has 2 aromatic rings. The summed E-state index contributed by atoms with van der Waals surface area (Å²) < 4.78 is 31.8. The number of aryl methyl sites for hydroxylation is 1. The van der Waals surface area contributed by atoms with E-state index in [2.05, 4.69) is 14.7 Å². The van der Waals surface area contributed by atoms with Crippen LogP contribution in [0.4, 0.5) is 5.69 Å². The van der Waals surface area contributed by atoms with Crippen LogP contribution in [-0.4, -0.2) is 25.5 Å². The van der Waals surface area contributed by atoms with E-state index < -0.39 is 10.0 Å². The van der Waals surface area contributed by atoms with Crippen molar-refractivity contribution in [2.75, 3.05) is 12.8 Å². The first kappa shape index (κ1) is 15.2. The van der Waals surface area contributed by atoms with Gasteiger partial charge >= 0.3 is 0 Å². The van der Waals surface area contributed by atoms with Crippen molar-refractivity contribution >= 4 is 15.7 Å². The molecule has 0 aliphatic rings. The van der Waals surface area contributed by atoms with E-state index in [4.69, 9.17) is 10.5 Å². The molecular weight excluding hydrogens is 292 g/mol. The van der Waals surface area contributed by atoms with Crippen molar-refractivity contribution in [1.82, 2.24) is 14.7 Å². The first-order valence-corrected chi connectivity index (χ1v) is 7.61. The highest BCUT2D eigenvalue weighted by Gasteiger charge is 2.15. The smallest absolute Gasteiger partial charge is 0.241 e.